The fraction of sp³-hybridized carbons (Fsp3) is 0.515. The van der Waals surface area contributed by atoms with Gasteiger partial charge < -0.3 is 25.0 Å². The number of nitrogens with one attached hydrogen (secondary N) is 2. The van der Waals surface area contributed by atoms with E-state index in [2.05, 4.69) is 15.6 Å². The maximum atomic E-state index is 14.2. The van der Waals surface area contributed by atoms with Crippen LogP contribution in [-0.2, 0) is 31.8 Å². The van der Waals surface area contributed by atoms with Gasteiger partial charge in [0.2, 0.25) is 11.8 Å². The number of hydrogen-bond donors (Lipinski definition) is 2. The summed E-state index contributed by atoms with van der Waals surface area (Å²) < 4.78 is 53.6. The van der Waals surface area contributed by atoms with Crippen molar-refractivity contribution in [1.29, 1.82) is 0 Å². The molecule has 1 aromatic heterocycles. The van der Waals surface area contributed by atoms with Crippen molar-refractivity contribution < 1.29 is 37.0 Å². The number of halogens is 3. The molecular weight excluding hydrogens is 603 g/mol. The summed E-state index contributed by atoms with van der Waals surface area (Å²) in [5.74, 6) is -2.00. The van der Waals surface area contributed by atoms with Crippen molar-refractivity contribution in [3.05, 3.63) is 54.1 Å². The highest BCUT2D eigenvalue weighted by molar-refractivity contribution is 5.96. The van der Waals surface area contributed by atoms with Gasteiger partial charge in [0.25, 0.3) is 6.01 Å². The van der Waals surface area contributed by atoms with Gasteiger partial charge in [-0.1, -0.05) is 45.4 Å². The molecule has 1 aliphatic heterocycles. The van der Waals surface area contributed by atoms with E-state index in [1.165, 1.54) is 24.1 Å². The predicted octanol–water partition coefficient (Wildman–Crippen LogP) is 5.02. The summed E-state index contributed by atoms with van der Waals surface area (Å²) in [6.45, 7) is 8.03. The van der Waals surface area contributed by atoms with Crippen LogP contribution in [0.4, 0.5) is 18.9 Å². The van der Waals surface area contributed by atoms with Crippen molar-refractivity contribution in [2.45, 2.75) is 83.4 Å². The summed E-state index contributed by atoms with van der Waals surface area (Å²) in [5, 5.41) is 5.86. The molecule has 2 aromatic carbocycles. The van der Waals surface area contributed by atoms with Crippen LogP contribution in [0.25, 0.3) is 11.0 Å². The zero-order valence-corrected chi connectivity index (χ0v) is 26.6. The number of carbonyl (C=O) groups excluding carboxylic acids is 3. The van der Waals surface area contributed by atoms with Gasteiger partial charge in [-0.2, -0.15) is 18.2 Å². The third kappa shape index (κ3) is 6.36. The second-order valence-electron chi connectivity index (χ2n) is 12.3. The third-order valence-corrected chi connectivity index (χ3v) is 8.99. The van der Waals surface area contributed by atoms with Crippen LogP contribution in [0.5, 0.6) is 6.01 Å². The second-order valence-corrected chi connectivity index (χ2v) is 12.3. The SMILES string of the molecule is CCC1CC1(NC(=O)C1CC(Oc2nc3ccccc3n2CC)CN1C(=O)C(Nc1cccc(C(F)(F)F)c1)C(C)C)C(=O)OC. The number of benzene rings is 2. The van der Waals surface area contributed by atoms with E-state index in [9.17, 15) is 27.6 Å². The summed E-state index contributed by atoms with van der Waals surface area (Å²) in [7, 11) is 1.27. The van der Waals surface area contributed by atoms with E-state index < -0.39 is 53.2 Å². The van der Waals surface area contributed by atoms with Crippen molar-refractivity contribution in [1.82, 2.24) is 19.8 Å². The van der Waals surface area contributed by atoms with E-state index in [4.69, 9.17) is 9.47 Å². The van der Waals surface area contributed by atoms with Crippen molar-refractivity contribution in [2.24, 2.45) is 11.8 Å². The summed E-state index contributed by atoms with van der Waals surface area (Å²) in [6.07, 6.45) is -3.99. The molecule has 2 fully saturated rings. The number of alkyl halides is 3. The van der Waals surface area contributed by atoms with Crippen LogP contribution < -0.4 is 15.4 Å². The van der Waals surface area contributed by atoms with E-state index >= 15 is 0 Å². The molecule has 1 saturated carbocycles. The van der Waals surface area contributed by atoms with Crippen LogP contribution >= 0.6 is 0 Å². The number of methoxy groups -OCH3 is 1. The number of anilines is 1. The molecule has 13 heteroatoms. The minimum atomic E-state index is -4.55. The molecule has 2 aliphatic rings. The summed E-state index contributed by atoms with van der Waals surface area (Å²) in [5.41, 5.74) is -0.270. The van der Waals surface area contributed by atoms with Gasteiger partial charge in [0.15, 0.2) is 0 Å². The summed E-state index contributed by atoms with van der Waals surface area (Å²) in [6, 6.07) is 10.6. The number of esters is 1. The summed E-state index contributed by atoms with van der Waals surface area (Å²) in [4.78, 5) is 46.9. The Balaban J connectivity index is 1.44. The molecule has 46 heavy (non-hydrogen) atoms. The average Bonchev–Trinajstić information content (AvgIpc) is 3.39. The van der Waals surface area contributed by atoms with Crippen LogP contribution in [0.1, 0.15) is 52.5 Å². The largest absolute Gasteiger partial charge is 0.467 e. The molecule has 1 saturated heterocycles. The fourth-order valence-corrected chi connectivity index (χ4v) is 6.39. The molecule has 5 atom stereocenters. The minimum absolute atomic E-state index is 0.0275. The first-order valence-electron chi connectivity index (χ1n) is 15.6. The Morgan fingerprint density at radius 3 is 2.48 bits per heavy atom. The maximum absolute atomic E-state index is 14.2. The van der Waals surface area contributed by atoms with Gasteiger partial charge in [-0.3, -0.25) is 14.2 Å². The number of imidazole rings is 1. The van der Waals surface area contributed by atoms with Crippen LogP contribution in [0, 0.1) is 11.8 Å². The Labute approximate surface area is 265 Å². The lowest BCUT2D eigenvalue weighted by atomic mass is 10.0. The number of hydrogen-bond acceptors (Lipinski definition) is 7. The molecular formula is C33H40F3N5O5. The van der Waals surface area contributed by atoms with Crippen molar-refractivity contribution >= 4 is 34.5 Å². The summed E-state index contributed by atoms with van der Waals surface area (Å²) >= 11 is 0. The Kier molecular flexibility index (Phi) is 9.23. The molecule has 2 N–H and O–H groups in total. The van der Waals surface area contributed by atoms with E-state index in [0.29, 0.717) is 25.4 Å². The first-order chi connectivity index (χ1) is 21.8. The van der Waals surface area contributed by atoms with Crippen molar-refractivity contribution in [2.75, 3.05) is 19.0 Å². The highest BCUT2D eigenvalue weighted by atomic mass is 19.4. The maximum Gasteiger partial charge on any atom is 0.416 e. The Morgan fingerprint density at radius 1 is 1.11 bits per heavy atom. The normalized spacial score (nSPS) is 23.3. The Morgan fingerprint density at radius 2 is 1.85 bits per heavy atom. The molecule has 5 rings (SSSR count). The molecule has 0 radical (unpaired) electrons. The number of likely N-dealkylation sites (tertiary alicyclic amines) is 1. The zero-order valence-electron chi connectivity index (χ0n) is 26.6. The number of nitrogens with zero attached hydrogens (tertiary/aromatic N) is 3. The number of rotatable bonds is 11. The van der Waals surface area contributed by atoms with Crippen molar-refractivity contribution in [3.63, 3.8) is 0 Å². The Bertz CT molecular complexity index is 1610. The number of para-hydroxylation sites is 2. The lowest BCUT2D eigenvalue weighted by molar-refractivity contribution is -0.148. The third-order valence-electron chi connectivity index (χ3n) is 8.99. The van der Waals surface area contributed by atoms with Crippen LogP contribution in [-0.4, -0.2) is 69.6 Å². The standard InChI is InChI=1S/C33H40F3N5O5/c1-6-20-17-32(20,30(44)45-5)39-28(42)26-16-23(46-31-38-24-13-8-9-14-25(24)40(31)7-2)18-41(26)29(43)27(19(3)4)37-22-12-10-11-21(15-22)33(34,35)36/h8-15,19-20,23,26-27,37H,6-7,16-18H2,1-5H3,(H,39,42). The number of aromatic nitrogens is 2. The fourth-order valence-electron chi connectivity index (χ4n) is 6.39. The first-order valence-corrected chi connectivity index (χ1v) is 15.6. The number of fused-ring (bicyclic) bond motifs is 1. The van der Waals surface area contributed by atoms with Gasteiger partial charge in [-0.05, 0) is 55.5 Å². The molecule has 248 valence electrons. The highest BCUT2D eigenvalue weighted by Crippen LogP contribution is 2.47. The molecule has 0 spiro atoms. The highest BCUT2D eigenvalue weighted by Gasteiger charge is 2.62. The first kappa shape index (κ1) is 33.1. The lowest BCUT2D eigenvalue weighted by Crippen LogP contribution is -2.56. The van der Waals surface area contributed by atoms with Gasteiger partial charge in [0, 0.05) is 18.7 Å². The predicted molar refractivity (Wildman–Crippen MR) is 165 cm³/mol. The van der Waals surface area contributed by atoms with Gasteiger partial charge in [0.1, 0.15) is 23.7 Å². The van der Waals surface area contributed by atoms with Crippen molar-refractivity contribution in [3.8, 4) is 6.01 Å². The van der Waals surface area contributed by atoms with Crippen LogP contribution in [0.3, 0.4) is 0 Å². The van der Waals surface area contributed by atoms with Gasteiger partial charge >= 0.3 is 12.1 Å². The van der Waals surface area contributed by atoms with E-state index in [1.54, 1.807) is 13.8 Å². The number of amides is 2. The molecule has 2 heterocycles. The van der Waals surface area contributed by atoms with Crippen LogP contribution in [0.15, 0.2) is 48.5 Å². The van der Waals surface area contributed by atoms with Gasteiger partial charge in [-0.15, -0.1) is 0 Å². The molecule has 5 unspecified atom stereocenters. The molecule has 3 aromatic rings. The monoisotopic (exact) mass is 643 g/mol. The van der Waals surface area contributed by atoms with E-state index in [1.807, 2.05) is 42.7 Å². The number of ether oxygens (including phenoxy) is 2. The minimum Gasteiger partial charge on any atom is -0.467 e. The zero-order chi connectivity index (χ0) is 33.4. The average molecular weight is 644 g/mol. The van der Waals surface area contributed by atoms with Crippen LogP contribution in [0.2, 0.25) is 0 Å². The molecule has 0 bridgehead atoms. The second kappa shape index (κ2) is 12.8. The Hall–Kier alpha value is -4.29. The smallest absolute Gasteiger partial charge is 0.416 e. The topological polar surface area (TPSA) is 115 Å². The van der Waals surface area contributed by atoms with Gasteiger partial charge in [0.05, 0.1) is 30.3 Å². The number of carbonyl (C=O) groups is 3. The van der Waals surface area contributed by atoms with Gasteiger partial charge in [-0.25, -0.2) is 4.79 Å². The molecule has 2 amide bonds. The molecule has 10 nitrogen and oxygen atoms in total. The lowest BCUT2D eigenvalue weighted by Gasteiger charge is -2.31. The quantitative estimate of drug-likeness (QED) is 0.282. The van der Waals surface area contributed by atoms with E-state index in [-0.39, 0.29) is 30.5 Å². The van der Waals surface area contributed by atoms with E-state index in [0.717, 1.165) is 23.2 Å². The molecule has 1 aliphatic carbocycles. The number of aryl methyl sites for hydroxylation is 1.